The zero-order chi connectivity index (χ0) is 14.8. The molecule has 0 N–H and O–H groups in total. The van der Waals surface area contributed by atoms with E-state index in [-0.39, 0.29) is 0 Å². The molecule has 0 atom stereocenters. The van der Waals surface area contributed by atoms with Crippen LogP contribution in [0.25, 0.3) is 16.9 Å². The zero-order valence-corrected chi connectivity index (χ0v) is 12.0. The largest absolute Gasteiger partial charge is 0.497 e. The minimum Gasteiger partial charge on any atom is -0.497 e. The van der Waals surface area contributed by atoms with Crippen molar-refractivity contribution in [2.24, 2.45) is 0 Å². The summed E-state index contributed by atoms with van der Waals surface area (Å²) in [5, 5.41) is 9.11. The predicted octanol–water partition coefficient (Wildman–Crippen LogP) is 3.38. The van der Waals surface area contributed by atoms with Crippen molar-refractivity contribution in [2.75, 3.05) is 7.11 Å². The zero-order valence-electron chi connectivity index (χ0n) is 12.0. The Morgan fingerprint density at radius 3 is 2.67 bits per heavy atom. The lowest BCUT2D eigenvalue weighted by molar-refractivity contribution is 0.415. The first kappa shape index (κ1) is 13.2. The standard InChI is InChI=1S/C17H15N3O/c1-12-4-3-11-20-15(9-10-18)16(19-17(12)20)13-5-7-14(21-2)8-6-13/h3-8,11H,9H2,1-2H3. The van der Waals surface area contributed by atoms with Crippen LogP contribution in [-0.2, 0) is 6.42 Å². The molecule has 0 saturated heterocycles. The van der Waals surface area contributed by atoms with Crippen molar-refractivity contribution in [2.45, 2.75) is 13.3 Å². The number of rotatable bonds is 3. The molecule has 3 rings (SSSR count). The fourth-order valence-electron chi connectivity index (χ4n) is 2.48. The van der Waals surface area contributed by atoms with Crippen LogP contribution in [0.15, 0.2) is 42.6 Å². The van der Waals surface area contributed by atoms with E-state index in [2.05, 4.69) is 6.07 Å². The van der Waals surface area contributed by atoms with Crippen LogP contribution in [0, 0.1) is 18.3 Å². The number of hydrogen-bond acceptors (Lipinski definition) is 3. The summed E-state index contributed by atoms with van der Waals surface area (Å²) in [7, 11) is 1.64. The van der Waals surface area contributed by atoms with Gasteiger partial charge in [0.25, 0.3) is 0 Å². The Hall–Kier alpha value is -2.80. The quantitative estimate of drug-likeness (QED) is 0.737. The number of fused-ring (bicyclic) bond motifs is 1. The maximum atomic E-state index is 9.11. The van der Waals surface area contributed by atoms with Crippen LogP contribution in [0.2, 0.25) is 0 Å². The Labute approximate surface area is 123 Å². The van der Waals surface area contributed by atoms with Gasteiger partial charge in [0.05, 0.1) is 31.0 Å². The molecule has 0 bridgehead atoms. The Morgan fingerprint density at radius 2 is 2.00 bits per heavy atom. The summed E-state index contributed by atoms with van der Waals surface area (Å²) < 4.78 is 7.18. The van der Waals surface area contributed by atoms with Gasteiger partial charge in [0, 0.05) is 11.8 Å². The fraction of sp³-hybridized carbons (Fsp3) is 0.176. The number of ether oxygens (including phenoxy) is 1. The second-order valence-corrected chi connectivity index (χ2v) is 4.86. The Kier molecular flexibility index (Phi) is 3.33. The van der Waals surface area contributed by atoms with Gasteiger partial charge >= 0.3 is 0 Å². The molecule has 0 amide bonds. The average Bonchev–Trinajstić information content (AvgIpc) is 2.88. The van der Waals surface area contributed by atoms with Gasteiger partial charge in [-0.2, -0.15) is 5.26 Å². The van der Waals surface area contributed by atoms with Gasteiger partial charge < -0.3 is 9.14 Å². The van der Waals surface area contributed by atoms with Gasteiger partial charge in [-0.25, -0.2) is 4.98 Å². The second-order valence-electron chi connectivity index (χ2n) is 4.86. The van der Waals surface area contributed by atoms with E-state index in [4.69, 9.17) is 15.0 Å². The molecule has 21 heavy (non-hydrogen) atoms. The number of imidazole rings is 1. The van der Waals surface area contributed by atoms with Crippen LogP contribution in [0.3, 0.4) is 0 Å². The third-order valence-corrected chi connectivity index (χ3v) is 3.55. The third-order valence-electron chi connectivity index (χ3n) is 3.55. The van der Waals surface area contributed by atoms with Gasteiger partial charge in [-0.1, -0.05) is 6.07 Å². The topological polar surface area (TPSA) is 50.3 Å². The van der Waals surface area contributed by atoms with Gasteiger partial charge in [-0.15, -0.1) is 0 Å². The Balaban J connectivity index is 2.23. The maximum absolute atomic E-state index is 9.11. The molecule has 0 spiro atoms. The van der Waals surface area contributed by atoms with E-state index in [1.54, 1.807) is 7.11 Å². The summed E-state index contributed by atoms with van der Waals surface area (Å²) in [4.78, 5) is 4.73. The van der Waals surface area contributed by atoms with E-state index in [9.17, 15) is 0 Å². The number of aromatic nitrogens is 2. The van der Waals surface area contributed by atoms with E-state index in [0.717, 1.165) is 33.9 Å². The SMILES string of the molecule is COc1ccc(-c2nc3c(C)cccn3c2CC#N)cc1. The molecule has 0 aliphatic rings. The van der Waals surface area contributed by atoms with Crippen molar-refractivity contribution >= 4 is 5.65 Å². The molecule has 0 aliphatic heterocycles. The van der Waals surface area contributed by atoms with Crippen LogP contribution in [-0.4, -0.2) is 16.5 Å². The lowest BCUT2D eigenvalue weighted by Gasteiger charge is -2.03. The molecule has 4 heteroatoms. The van der Waals surface area contributed by atoms with E-state index in [1.807, 2.05) is 53.9 Å². The summed E-state index contributed by atoms with van der Waals surface area (Å²) in [6.45, 7) is 2.02. The molecule has 0 unspecified atom stereocenters. The van der Waals surface area contributed by atoms with E-state index in [1.165, 1.54) is 0 Å². The highest BCUT2D eigenvalue weighted by molar-refractivity contribution is 5.68. The number of nitrogens with zero attached hydrogens (tertiary/aromatic N) is 3. The lowest BCUT2D eigenvalue weighted by Crippen LogP contribution is -1.94. The van der Waals surface area contributed by atoms with Crippen LogP contribution < -0.4 is 4.74 Å². The summed E-state index contributed by atoms with van der Waals surface area (Å²) in [5.41, 5.74) is 4.75. The molecule has 2 aromatic heterocycles. The molecule has 0 radical (unpaired) electrons. The highest BCUT2D eigenvalue weighted by Crippen LogP contribution is 2.27. The first-order valence-electron chi connectivity index (χ1n) is 6.72. The monoisotopic (exact) mass is 277 g/mol. The molecule has 1 aromatic carbocycles. The van der Waals surface area contributed by atoms with Crippen molar-refractivity contribution in [3.8, 4) is 23.1 Å². The molecule has 4 nitrogen and oxygen atoms in total. The number of methoxy groups -OCH3 is 1. The number of nitriles is 1. The van der Waals surface area contributed by atoms with Gasteiger partial charge in [0.1, 0.15) is 11.4 Å². The van der Waals surface area contributed by atoms with Crippen molar-refractivity contribution in [1.82, 2.24) is 9.38 Å². The van der Waals surface area contributed by atoms with E-state index < -0.39 is 0 Å². The average molecular weight is 277 g/mol. The third kappa shape index (κ3) is 2.23. The van der Waals surface area contributed by atoms with E-state index >= 15 is 0 Å². The summed E-state index contributed by atoms with van der Waals surface area (Å²) in [5.74, 6) is 0.806. The number of pyridine rings is 1. The first-order valence-corrected chi connectivity index (χ1v) is 6.72. The summed E-state index contributed by atoms with van der Waals surface area (Å²) >= 11 is 0. The van der Waals surface area contributed by atoms with Crippen molar-refractivity contribution in [1.29, 1.82) is 5.26 Å². The highest BCUT2D eigenvalue weighted by Gasteiger charge is 2.14. The molecule has 0 aliphatic carbocycles. The number of benzene rings is 1. The Bertz CT molecular complexity index is 826. The molecule has 3 aromatic rings. The van der Waals surface area contributed by atoms with Gasteiger partial charge in [0.15, 0.2) is 0 Å². The van der Waals surface area contributed by atoms with Crippen LogP contribution in [0.4, 0.5) is 0 Å². The second kappa shape index (κ2) is 5.29. The minimum atomic E-state index is 0.325. The molecular formula is C17H15N3O. The smallest absolute Gasteiger partial charge is 0.140 e. The number of hydrogen-bond donors (Lipinski definition) is 0. The fourth-order valence-corrected chi connectivity index (χ4v) is 2.48. The van der Waals surface area contributed by atoms with Gasteiger partial charge in [-0.05, 0) is 42.8 Å². The van der Waals surface area contributed by atoms with Crippen molar-refractivity contribution in [3.63, 3.8) is 0 Å². The highest BCUT2D eigenvalue weighted by atomic mass is 16.5. The molecule has 0 fully saturated rings. The normalized spacial score (nSPS) is 10.5. The Morgan fingerprint density at radius 1 is 1.24 bits per heavy atom. The molecule has 2 heterocycles. The van der Waals surface area contributed by atoms with Crippen LogP contribution in [0.1, 0.15) is 11.3 Å². The molecule has 0 saturated carbocycles. The minimum absolute atomic E-state index is 0.325. The summed E-state index contributed by atoms with van der Waals surface area (Å²) in [6, 6.07) is 14.0. The maximum Gasteiger partial charge on any atom is 0.140 e. The molecule has 104 valence electrons. The van der Waals surface area contributed by atoms with Gasteiger partial charge in [0.2, 0.25) is 0 Å². The first-order chi connectivity index (χ1) is 10.2. The van der Waals surface area contributed by atoms with Crippen LogP contribution in [0.5, 0.6) is 5.75 Å². The number of aryl methyl sites for hydroxylation is 1. The lowest BCUT2D eigenvalue weighted by atomic mass is 10.1. The van der Waals surface area contributed by atoms with Crippen molar-refractivity contribution in [3.05, 3.63) is 53.9 Å². The van der Waals surface area contributed by atoms with E-state index in [0.29, 0.717) is 6.42 Å². The molecular weight excluding hydrogens is 262 g/mol. The summed E-state index contributed by atoms with van der Waals surface area (Å²) in [6.07, 6.45) is 2.28. The predicted molar refractivity (Wildman–Crippen MR) is 81.2 cm³/mol. The van der Waals surface area contributed by atoms with Crippen molar-refractivity contribution < 1.29 is 4.74 Å². The van der Waals surface area contributed by atoms with Gasteiger partial charge in [-0.3, -0.25) is 0 Å². The van der Waals surface area contributed by atoms with Crippen LogP contribution >= 0.6 is 0 Å².